The van der Waals surface area contributed by atoms with Gasteiger partial charge < -0.3 is 17.6 Å². The lowest BCUT2D eigenvalue weighted by molar-refractivity contribution is 0.867. The molecule has 0 bridgehead atoms. The second-order valence-electron chi connectivity index (χ2n) is 2.85. The van der Waals surface area contributed by atoms with Gasteiger partial charge in [-0.25, -0.2) is 4.98 Å². The summed E-state index contributed by atoms with van der Waals surface area (Å²) >= 11 is 0. The molecule has 0 unspecified atom stereocenters. The van der Waals surface area contributed by atoms with Crippen LogP contribution in [-0.4, -0.2) is 4.98 Å². The third kappa shape index (κ3) is 1.85. The van der Waals surface area contributed by atoms with Crippen LogP contribution in [0.3, 0.4) is 0 Å². The molecule has 0 radical (unpaired) electrons. The van der Waals surface area contributed by atoms with Crippen molar-refractivity contribution in [3.8, 4) is 0 Å². The molecule has 1 rings (SSSR count). The zero-order valence-electron chi connectivity index (χ0n) is 7.54. The summed E-state index contributed by atoms with van der Waals surface area (Å²) in [5, 5.41) is 0. The molecule has 0 saturated carbocycles. The van der Waals surface area contributed by atoms with Gasteiger partial charge >= 0.3 is 0 Å². The molecule has 12 heavy (non-hydrogen) atoms. The number of nitrogens with zero attached hydrogens (tertiary/aromatic N) is 1. The van der Waals surface area contributed by atoms with E-state index in [1.165, 1.54) is 0 Å². The molecular formula is C8H18N4. The largest absolute Gasteiger partial charge is 0.396 e. The molecule has 0 aliphatic heterocycles. The lowest BCUT2D eigenvalue weighted by atomic mass is 10.0. The van der Waals surface area contributed by atoms with Crippen LogP contribution in [-0.2, 0) is 0 Å². The fourth-order valence-electron chi connectivity index (χ4n) is 1.01. The number of anilines is 2. The quantitative estimate of drug-likeness (QED) is 0.598. The Morgan fingerprint density at radius 2 is 2.00 bits per heavy atom. The van der Waals surface area contributed by atoms with Crippen LogP contribution in [0.4, 0.5) is 11.5 Å². The van der Waals surface area contributed by atoms with E-state index >= 15 is 0 Å². The van der Waals surface area contributed by atoms with Gasteiger partial charge in [-0.05, 0) is 17.5 Å². The second kappa shape index (κ2) is 3.92. The Labute approximate surface area is 74.0 Å². The predicted molar refractivity (Wildman–Crippen MR) is 54.3 cm³/mol. The third-order valence-corrected chi connectivity index (χ3v) is 1.68. The predicted octanol–water partition coefficient (Wildman–Crippen LogP) is 1.78. The molecule has 4 heteroatoms. The van der Waals surface area contributed by atoms with Crippen LogP contribution in [0, 0.1) is 0 Å². The van der Waals surface area contributed by atoms with Crippen molar-refractivity contribution in [2.24, 2.45) is 0 Å². The van der Waals surface area contributed by atoms with Crippen molar-refractivity contribution in [3.63, 3.8) is 0 Å². The Balaban J connectivity index is 0. The van der Waals surface area contributed by atoms with Gasteiger partial charge in [0.05, 0.1) is 5.69 Å². The second-order valence-corrected chi connectivity index (χ2v) is 2.85. The van der Waals surface area contributed by atoms with E-state index in [2.05, 4.69) is 18.8 Å². The molecule has 1 heterocycles. The minimum Gasteiger partial charge on any atom is -0.396 e. The summed E-state index contributed by atoms with van der Waals surface area (Å²) in [6, 6.07) is 1.90. The molecule has 1 aromatic heterocycles. The maximum atomic E-state index is 5.70. The standard InChI is InChI=1S/C8H13N3.H3N.H2/c1-5(2)6-3-4-11-8(10)7(6)9;;/h3-5H,9H2,1-2H3,(H2,10,11);1H3;1H. The summed E-state index contributed by atoms with van der Waals surface area (Å²) in [7, 11) is 0. The van der Waals surface area contributed by atoms with Crippen LogP contribution < -0.4 is 17.6 Å². The van der Waals surface area contributed by atoms with Crippen LogP contribution in [0.5, 0.6) is 0 Å². The molecule has 0 saturated heterocycles. The summed E-state index contributed by atoms with van der Waals surface area (Å²) < 4.78 is 0. The van der Waals surface area contributed by atoms with Gasteiger partial charge in [0.25, 0.3) is 0 Å². The Morgan fingerprint density at radius 1 is 1.42 bits per heavy atom. The number of nitrogens with two attached hydrogens (primary N) is 2. The van der Waals surface area contributed by atoms with E-state index in [-0.39, 0.29) is 7.58 Å². The van der Waals surface area contributed by atoms with Gasteiger partial charge in [-0.15, -0.1) is 0 Å². The van der Waals surface area contributed by atoms with Crippen molar-refractivity contribution >= 4 is 11.5 Å². The lowest BCUT2D eigenvalue weighted by Crippen LogP contribution is -2.02. The molecule has 0 aliphatic carbocycles. The minimum absolute atomic E-state index is 0. The van der Waals surface area contributed by atoms with Crippen molar-refractivity contribution in [2.75, 3.05) is 11.5 Å². The molecule has 0 aliphatic rings. The van der Waals surface area contributed by atoms with Crippen molar-refractivity contribution < 1.29 is 1.43 Å². The first-order valence-electron chi connectivity index (χ1n) is 3.62. The Kier molecular flexibility index (Phi) is 3.50. The van der Waals surface area contributed by atoms with E-state index in [1.807, 2.05) is 6.07 Å². The normalized spacial score (nSPS) is 9.58. The molecule has 1 aromatic rings. The fourth-order valence-corrected chi connectivity index (χ4v) is 1.01. The Morgan fingerprint density at radius 3 is 2.42 bits per heavy atom. The molecule has 0 atom stereocenters. The van der Waals surface area contributed by atoms with E-state index in [0.29, 0.717) is 17.4 Å². The van der Waals surface area contributed by atoms with Gasteiger partial charge in [-0.1, -0.05) is 13.8 Å². The number of aromatic nitrogens is 1. The molecular weight excluding hydrogens is 152 g/mol. The van der Waals surface area contributed by atoms with Crippen molar-refractivity contribution in [3.05, 3.63) is 17.8 Å². The number of hydrogen-bond donors (Lipinski definition) is 3. The van der Waals surface area contributed by atoms with Crippen LogP contribution in [0.25, 0.3) is 0 Å². The van der Waals surface area contributed by atoms with Gasteiger partial charge in [0.2, 0.25) is 0 Å². The monoisotopic (exact) mass is 170 g/mol. The van der Waals surface area contributed by atoms with Crippen LogP contribution >= 0.6 is 0 Å². The van der Waals surface area contributed by atoms with E-state index in [4.69, 9.17) is 11.5 Å². The van der Waals surface area contributed by atoms with Gasteiger partial charge in [0.15, 0.2) is 0 Å². The summed E-state index contributed by atoms with van der Waals surface area (Å²) in [4.78, 5) is 3.87. The fraction of sp³-hybridized carbons (Fsp3) is 0.375. The van der Waals surface area contributed by atoms with E-state index in [0.717, 1.165) is 5.56 Å². The van der Waals surface area contributed by atoms with Crippen molar-refractivity contribution in [2.45, 2.75) is 19.8 Å². The third-order valence-electron chi connectivity index (χ3n) is 1.68. The van der Waals surface area contributed by atoms with Crippen LogP contribution in [0.2, 0.25) is 0 Å². The SMILES string of the molecule is CC(C)c1ccnc(N)c1N.N.[HH]. The minimum atomic E-state index is 0. The molecule has 7 N–H and O–H groups in total. The van der Waals surface area contributed by atoms with Crippen molar-refractivity contribution in [1.29, 1.82) is 0 Å². The Hall–Kier alpha value is -1.29. The maximum Gasteiger partial charge on any atom is 0.146 e. The molecule has 0 amide bonds. The first-order valence-corrected chi connectivity index (χ1v) is 3.62. The first-order chi connectivity index (χ1) is 5.13. The van der Waals surface area contributed by atoms with Gasteiger partial charge in [-0.3, -0.25) is 0 Å². The van der Waals surface area contributed by atoms with E-state index < -0.39 is 0 Å². The summed E-state index contributed by atoms with van der Waals surface area (Å²) in [5.74, 6) is 0.830. The molecule has 70 valence electrons. The number of nitrogen functional groups attached to an aromatic ring is 2. The zero-order valence-corrected chi connectivity index (χ0v) is 7.54. The van der Waals surface area contributed by atoms with E-state index in [1.54, 1.807) is 6.20 Å². The highest BCUT2D eigenvalue weighted by molar-refractivity contribution is 5.63. The number of hydrogen-bond acceptors (Lipinski definition) is 4. The number of rotatable bonds is 1. The highest BCUT2D eigenvalue weighted by Crippen LogP contribution is 2.24. The zero-order chi connectivity index (χ0) is 8.43. The van der Waals surface area contributed by atoms with Crippen molar-refractivity contribution in [1.82, 2.24) is 11.1 Å². The smallest absolute Gasteiger partial charge is 0.146 e. The van der Waals surface area contributed by atoms with Gasteiger partial charge in [-0.2, -0.15) is 0 Å². The number of pyridine rings is 1. The average Bonchev–Trinajstić information content (AvgIpc) is 1.94. The maximum absolute atomic E-state index is 5.70. The highest BCUT2D eigenvalue weighted by Gasteiger charge is 2.05. The average molecular weight is 170 g/mol. The van der Waals surface area contributed by atoms with Gasteiger partial charge in [0, 0.05) is 7.62 Å². The van der Waals surface area contributed by atoms with Gasteiger partial charge in [0.1, 0.15) is 5.82 Å². The summed E-state index contributed by atoms with van der Waals surface area (Å²) in [5.41, 5.74) is 12.9. The summed E-state index contributed by atoms with van der Waals surface area (Å²) in [6.45, 7) is 4.15. The molecule has 0 spiro atoms. The van der Waals surface area contributed by atoms with E-state index in [9.17, 15) is 0 Å². The van der Waals surface area contributed by atoms with Crippen LogP contribution in [0.15, 0.2) is 12.3 Å². The first kappa shape index (κ1) is 10.7. The summed E-state index contributed by atoms with van der Waals surface area (Å²) in [6.07, 6.45) is 1.68. The molecule has 0 aromatic carbocycles. The van der Waals surface area contributed by atoms with Crippen LogP contribution in [0.1, 0.15) is 26.8 Å². The topological polar surface area (TPSA) is 99.9 Å². The molecule has 0 fully saturated rings. The highest BCUT2D eigenvalue weighted by atomic mass is 14.9. The lowest BCUT2D eigenvalue weighted by Gasteiger charge is -2.09. The molecule has 4 nitrogen and oxygen atoms in total. The Bertz CT molecular complexity index is 262.